The highest BCUT2D eigenvalue weighted by molar-refractivity contribution is 7.99. The number of hydrogen-bond acceptors (Lipinski definition) is 4. The third-order valence-corrected chi connectivity index (χ3v) is 8.69. The third-order valence-electron chi connectivity index (χ3n) is 7.47. The van der Waals surface area contributed by atoms with Crippen LogP contribution < -0.4 is 9.47 Å². The summed E-state index contributed by atoms with van der Waals surface area (Å²) in [7, 11) is 0. The highest BCUT2D eigenvalue weighted by Gasteiger charge is 2.06. The average molecular weight is 595 g/mol. The van der Waals surface area contributed by atoms with Gasteiger partial charge in [0.1, 0.15) is 11.5 Å². The molecule has 234 valence electrons. The van der Waals surface area contributed by atoms with Gasteiger partial charge in [0.05, 0.1) is 13.2 Å². The van der Waals surface area contributed by atoms with Gasteiger partial charge in [0.2, 0.25) is 0 Å². The molecule has 0 aliphatic rings. The van der Waals surface area contributed by atoms with E-state index >= 15 is 0 Å². The zero-order chi connectivity index (χ0) is 30.1. The maximum Gasteiger partial charge on any atom is 0.185 e. The van der Waals surface area contributed by atoms with Crippen molar-refractivity contribution in [3.63, 3.8) is 0 Å². The van der Waals surface area contributed by atoms with Crippen LogP contribution >= 0.6 is 11.8 Å². The molecular formula is C38H58O3S. The lowest BCUT2D eigenvalue weighted by molar-refractivity contribution is 0.104. The quantitative estimate of drug-likeness (QED) is 0.0470. The molecule has 0 saturated carbocycles. The maximum atomic E-state index is 12.9. The van der Waals surface area contributed by atoms with E-state index in [-0.39, 0.29) is 5.78 Å². The smallest absolute Gasteiger partial charge is 0.185 e. The van der Waals surface area contributed by atoms with E-state index in [1.54, 1.807) is 6.08 Å². The SMILES string of the molecule is CCCCCCCCCCOc1cc(C=CC(=O)c2ccc(SCCC)cc2)cc(OCCCCCCCCCC)c1. The predicted octanol–water partition coefficient (Wildman–Crippen LogP) is 12.1. The number of rotatable bonds is 26. The zero-order valence-electron chi connectivity index (χ0n) is 27.0. The molecule has 0 aliphatic carbocycles. The molecule has 0 aromatic heterocycles. The summed E-state index contributed by atoms with van der Waals surface area (Å²) in [4.78, 5) is 14.1. The van der Waals surface area contributed by atoms with Gasteiger partial charge >= 0.3 is 0 Å². The van der Waals surface area contributed by atoms with Crippen molar-refractivity contribution in [3.8, 4) is 11.5 Å². The summed E-state index contributed by atoms with van der Waals surface area (Å²) in [5.74, 6) is 2.73. The van der Waals surface area contributed by atoms with Gasteiger partial charge in [-0.2, -0.15) is 0 Å². The Labute approximate surface area is 262 Å². The molecule has 0 spiro atoms. The molecule has 0 heterocycles. The van der Waals surface area contributed by atoms with Gasteiger partial charge in [-0.25, -0.2) is 0 Å². The highest BCUT2D eigenvalue weighted by Crippen LogP contribution is 2.25. The van der Waals surface area contributed by atoms with Gasteiger partial charge in [0.15, 0.2) is 5.78 Å². The normalized spacial score (nSPS) is 11.3. The van der Waals surface area contributed by atoms with Crippen molar-refractivity contribution in [2.75, 3.05) is 19.0 Å². The lowest BCUT2D eigenvalue weighted by Gasteiger charge is -2.12. The molecular weight excluding hydrogens is 536 g/mol. The Morgan fingerprint density at radius 2 is 1.10 bits per heavy atom. The van der Waals surface area contributed by atoms with Gasteiger partial charge in [-0.1, -0.05) is 117 Å². The molecule has 0 radical (unpaired) electrons. The number of thioether (sulfide) groups is 1. The van der Waals surface area contributed by atoms with Crippen LogP contribution in [0.1, 0.15) is 146 Å². The van der Waals surface area contributed by atoms with E-state index in [4.69, 9.17) is 9.47 Å². The van der Waals surface area contributed by atoms with E-state index in [1.165, 1.54) is 94.8 Å². The number of hydrogen-bond donors (Lipinski definition) is 0. The lowest BCUT2D eigenvalue weighted by atomic mass is 10.1. The first-order valence-electron chi connectivity index (χ1n) is 17.0. The summed E-state index contributed by atoms with van der Waals surface area (Å²) in [5.41, 5.74) is 1.64. The van der Waals surface area contributed by atoms with Gasteiger partial charge in [-0.05, 0) is 73.1 Å². The minimum atomic E-state index is 0.00806. The van der Waals surface area contributed by atoms with Crippen LogP contribution in [0, 0.1) is 0 Å². The van der Waals surface area contributed by atoms with Crippen molar-refractivity contribution in [1.29, 1.82) is 0 Å². The van der Waals surface area contributed by atoms with Crippen molar-refractivity contribution in [3.05, 3.63) is 59.7 Å². The summed E-state index contributed by atoms with van der Waals surface area (Å²) in [6.07, 6.45) is 25.2. The molecule has 2 aromatic rings. The van der Waals surface area contributed by atoms with Crippen molar-refractivity contribution in [2.45, 2.75) is 135 Å². The number of carbonyl (C=O) groups excluding carboxylic acids is 1. The monoisotopic (exact) mass is 594 g/mol. The summed E-state index contributed by atoms with van der Waals surface area (Å²) >= 11 is 1.83. The molecule has 0 atom stereocenters. The number of ketones is 1. The molecule has 4 heteroatoms. The summed E-state index contributed by atoms with van der Waals surface area (Å²) in [6.45, 7) is 8.12. The third kappa shape index (κ3) is 17.0. The van der Waals surface area contributed by atoms with Gasteiger partial charge in [0.25, 0.3) is 0 Å². The lowest BCUT2D eigenvalue weighted by Crippen LogP contribution is -2.01. The van der Waals surface area contributed by atoms with Crippen molar-refractivity contribution in [1.82, 2.24) is 0 Å². The minimum Gasteiger partial charge on any atom is -0.493 e. The Hall–Kier alpha value is -2.20. The number of unbranched alkanes of at least 4 members (excludes halogenated alkanes) is 14. The Morgan fingerprint density at radius 3 is 1.57 bits per heavy atom. The van der Waals surface area contributed by atoms with Gasteiger partial charge in [-0.3, -0.25) is 4.79 Å². The van der Waals surface area contributed by atoms with E-state index in [2.05, 4.69) is 20.8 Å². The fourth-order valence-electron chi connectivity index (χ4n) is 4.91. The van der Waals surface area contributed by atoms with Crippen LogP contribution in [-0.4, -0.2) is 24.7 Å². The standard InChI is InChI=1S/C38H58O3S/c1-4-7-9-11-13-15-17-19-27-40-35-30-33(21-26-38(39)34-22-24-37(25-23-34)42-29-6-3)31-36(32-35)41-28-20-18-16-14-12-10-8-5-2/h21-26,30-32H,4-20,27-29H2,1-3H3. The number of carbonyl (C=O) groups is 1. The van der Waals surface area contributed by atoms with Gasteiger partial charge in [0, 0.05) is 16.5 Å². The second-order valence-corrected chi connectivity index (χ2v) is 12.6. The van der Waals surface area contributed by atoms with Crippen molar-refractivity contribution >= 4 is 23.6 Å². The second kappa shape index (κ2) is 24.3. The van der Waals surface area contributed by atoms with E-state index in [0.717, 1.165) is 42.1 Å². The molecule has 0 fully saturated rings. The van der Waals surface area contributed by atoms with E-state index in [0.29, 0.717) is 18.8 Å². The van der Waals surface area contributed by atoms with Crippen LogP contribution in [0.25, 0.3) is 6.08 Å². The fraction of sp³-hybridized carbons (Fsp3) is 0.605. The van der Waals surface area contributed by atoms with E-state index in [9.17, 15) is 4.79 Å². The Kier molecular flexibility index (Phi) is 20.8. The molecule has 0 amide bonds. The first-order chi connectivity index (χ1) is 20.7. The molecule has 0 aliphatic heterocycles. The summed E-state index contributed by atoms with van der Waals surface area (Å²) in [6, 6.07) is 14.0. The van der Waals surface area contributed by atoms with Crippen LogP contribution in [-0.2, 0) is 0 Å². The molecule has 3 nitrogen and oxygen atoms in total. The van der Waals surface area contributed by atoms with Crippen LogP contribution in [0.2, 0.25) is 0 Å². The van der Waals surface area contributed by atoms with Crippen molar-refractivity contribution < 1.29 is 14.3 Å². The summed E-state index contributed by atoms with van der Waals surface area (Å²) < 4.78 is 12.3. The zero-order valence-corrected chi connectivity index (χ0v) is 27.8. The van der Waals surface area contributed by atoms with E-state index in [1.807, 2.05) is 60.3 Å². The Balaban J connectivity index is 1.91. The summed E-state index contributed by atoms with van der Waals surface area (Å²) in [5, 5.41) is 0. The first kappa shape index (κ1) is 36.0. The van der Waals surface area contributed by atoms with E-state index < -0.39 is 0 Å². The molecule has 2 rings (SSSR count). The topological polar surface area (TPSA) is 35.5 Å². The molecule has 0 N–H and O–H groups in total. The first-order valence-corrected chi connectivity index (χ1v) is 18.0. The minimum absolute atomic E-state index is 0.00806. The molecule has 0 saturated heterocycles. The van der Waals surface area contributed by atoms with Gasteiger partial charge < -0.3 is 9.47 Å². The second-order valence-electron chi connectivity index (χ2n) is 11.5. The van der Waals surface area contributed by atoms with Crippen molar-refractivity contribution in [2.24, 2.45) is 0 Å². The Bertz CT molecular complexity index is 942. The molecule has 42 heavy (non-hydrogen) atoms. The van der Waals surface area contributed by atoms with Crippen LogP contribution in [0.4, 0.5) is 0 Å². The highest BCUT2D eigenvalue weighted by atomic mass is 32.2. The number of allylic oxidation sites excluding steroid dienone is 1. The number of benzene rings is 2. The van der Waals surface area contributed by atoms with Crippen LogP contribution in [0.5, 0.6) is 11.5 Å². The molecule has 0 unspecified atom stereocenters. The largest absolute Gasteiger partial charge is 0.493 e. The van der Waals surface area contributed by atoms with Gasteiger partial charge in [-0.15, -0.1) is 11.8 Å². The van der Waals surface area contributed by atoms with Crippen LogP contribution in [0.3, 0.4) is 0 Å². The average Bonchev–Trinajstić information content (AvgIpc) is 3.01. The molecule has 0 bridgehead atoms. The predicted molar refractivity (Wildman–Crippen MR) is 183 cm³/mol. The fourth-order valence-corrected chi connectivity index (χ4v) is 5.68. The molecule has 2 aromatic carbocycles. The van der Waals surface area contributed by atoms with Crippen LogP contribution in [0.15, 0.2) is 53.4 Å². The Morgan fingerprint density at radius 1 is 0.619 bits per heavy atom. The maximum absolute atomic E-state index is 12.9. The number of ether oxygens (including phenoxy) is 2.